The Morgan fingerprint density at radius 3 is 2.68 bits per heavy atom. The van der Waals surface area contributed by atoms with Crippen LogP contribution in [-0.2, 0) is 6.42 Å². The van der Waals surface area contributed by atoms with E-state index in [9.17, 15) is 0 Å². The van der Waals surface area contributed by atoms with Crippen LogP contribution in [0.3, 0.4) is 0 Å². The summed E-state index contributed by atoms with van der Waals surface area (Å²) in [4.78, 5) is 5.70. The van der Waals surface area contributed by atoms with Crippen LogP contribution < -0.4 is 5.32 Å². The summed E-state index contributed by atoms with van der Waals surface area (Å²) < 4.78 is 0. The predicted molar refractivity (Wildman–Crippen MR) is 82.6 cm³/mol. The standard InChI is InChI=1S/C16H22N2S/c1-13-12-18-16(19-13)14(2)17-11-7-6-10-15-8-4-3-5-9-15/h3-5,8-9,12,14,17H,6-7,10-11H2,1-2H3. The molecule has 0 spiro atoms. The molecule has 0 saturated heterocycles. The van der Waals surface area contributed by atoms with Gasteiger partial charge in [-0.15, -0.1) is 11.3 Å². The summed E-state index contributed by atoms with van der Waals surface area (Å²) in [6.07, 6.45) is 5.57. The summed E-state index contributed by atoms with van der Waals surface area (Å²) in [5.74, 6) is 0. The highest BCUT2D eigenvalue weighted by atomic mass is 32.1. The first-order valence-electron chi connectivity index (χ1n) is 6.95. The monoisotopic (exact) mass is 274 g/mol. The lowest BCUT2D eigenvalue weighted by Crippen LogP contribution is -2.19. The minimum absolute atomic E-state index is 0.371. The molecule has 0 fully saturated rings. The van der Waals surface area contributed by atoms with E-state index in [0.29, 0.717) is 6.04 Å². The third-order valence-electron chi connectivity index (χ3n) is 3.20. The average molecular weight is 274 g/mol. The molecule has 1 atom stereocenters. The van der Waals surface area contributed by atoms with Crippen molar-refractivity contribution >= 4 is 11.3 Å². The maximum absolute atomic E-state index is 4.42. The summed E-state index contributed by atoms with van der Waals surface area (Å²) in [5.41, 5.74) is 1.44. The van der Waals surface area contributed by atoms with Crippen LogP contribution in [0.2, 0.25) is 0 Å². The van der Waals surface area contributed by atoms with Crippen LogP contribution in [0, 0.1) is 6.92 Å². The van der Waals surface area contributed by atoms with Gasteiger partial charge in [-0.05, 0) is 45.2 Å². The Hall–Kier alpha value is -1.19. The Balaban J connectivity index is 1.62. The quantitative estimate of drug-likeness (QED) is 0.768. The first-order valence-corrected chi connectivity index (χ1v) is 7.77. The number of hydrogen-bond donors (Lipinski definition) is 1. The van der Waals surface area contributed by atoms with E-state index in [2.05, 4.69) is 54.5 Å². The van der Waals surface area contributed by atoms with E-state index in [4.69, 9.17) is 0 Å². The molecule has 1 heterocycles. The van der Waals surface area contributed by atoms with E-state index in [1.165, 1.54) is 34.7 Å². The topological polar surface area (TPSA) is 24.9 Å². The van der Waals surface area contributed by atoms with Crippen molar-refractivity contribution < 1.29 is 0 Å². The summed E-state index contributed by atoms with van der Waals surface area (Å²) in [6.45, 7) is 5.36. The largest absolute Gasteiger partial charge is 0.308 e. The Kier molecular flexibility index (Phi) is 5.55. The van der Waals surface area contributed by atoms with Gasteiger partial charge in [-0.25, -0.2) is 4.98 Å². The molecule has 2 nitrogen and oxygen atoms in total. The van der Waals surface area contributed by atoms with Gasteiger partial charge in [-0.2, -0.15) is 0 Å². The Morgan fingerprint density at radius 2 is 2.00 bits per heavy atom. The van der Waals surface area contributed by atoms with Crippen LogP contribution in [0.4, 0.5) is 0 Å². The van der Waals surface area contributed by atoms with E-state index in [0.717, 1.165) is 6.54 Å². The maximum Gasteiger partial charge on any atom is 0.109 e. The third kappa shape index (κ3) is 4.77. The molecule has 0 amide bonds. The normalized spacial score (nSPS) is 12.5. The minimum atomic E-state index is 0.371. The molecule has 2 aromatic rings. The fourth-order valence-corrected chi connectivity index (χ4v) is 2.88. The smallest absolute Gasteiger partial charge is 0.109 e. The van der Waals surface area contributed by atoms with Gasteiger partial charge in [0, 0.05) is 11.1 Å². The summed E-state index contributed by atoms with van der Waals surface area (Å²) >= 11 is 1.78. The van der Waals surface area contributed by atoms with Gasteiger partial charge in [-0.1, -0.05) is 30.3 Å². The van der Waals surface area contributed by atoms with Crippen molar-refractivity contribution in [1.82, 2.24) is 10.3 Å². The van der Waals surface area contributed by atoms with Gasteiger partial charge in [0.15, 0.2) is 0 Å². The van der Waals surface area contributed by atoms with Crippen LogP contribution in [0.15, 0.2) is 36.5 Å². The lowest BCUT2D eigenvalue weighted by atomic mass is 10.1. The van der Waals surface area contributed by atoms with Crippen molar-refractivity contribution in [3.05, 3.63) is 52.0 Å². The van der Waals surface area contributed by atoms with Crippen LogP contribution in [0.1, 0.15) is 41.3 Å². The van der Waals surface area contributed by atoms with Crippen LogP contribution in [0.5, 0.6) is 0 Å². The zero-order valence-corrected chi connectivity index (χ0v) is 12.5. The molecule has 0 aliphatic carbocycles. The Labute approximate surface area is 119 Å². The Morgan fingerprint density at radius 1 is 1.21 bits per heavy atom. The highest BCUT2D eigenvalue weighted by Gasteiger charge is 2.07. The van der Waals surface area contributed by atoms with Crippen molar-refractivity contribution in [2.45, 2.75) is 39.2 Å². The molecule has 1 aromatic carbocycles. The van der Waals surface area contributed by atoms with Gasteiger partial charge in [0.2, 0.25) is 0 Å². The van der Waals surface area contributed by atoms with Crippen LogP contribution >= 0.6 is 11.3 Å². The van der Waals surface area contributed by atoms with Gasteiger partial charge < -0.3 is 5.32 Å². The number of nitrogens with zero attached hydrogens (tertiary/aromatic N) is 1. The molecule has 102 valence electrons. The van der Waals surface area contributed by atoms with Crippen LogP contribution in [0.25, 0.3) is 0 Å². The molecule has 19 heavy (non-hydrogen) atoms. The number of aromatic nitrogens is 1. The second-order valence-electron chi connectivity index (χ2n) is 4.93. The molecule has 0 aliphatic rings. The van der Waals surface area contributed by atoms with Gasteiger partial charge in [0.05, 0.1) is 6.04 Å². The molecular weight excluding hydrogens is 252 g/mol. The molecule has 3 heteroatoms. The number of benzene rings is 1. The lowest BCUT2D eigenvalue weighted by molar-refractivity contribution is 0.544. The molecule has 0 radical (unpaired) electrons. The van der Waals surface area contributed by atoms with E-state index < -0.39 is 0 Å². The van der Waals surface area contributed by atoms with E-state index in [1.807, 2.05) is 6.20 Å². The molecule has 1 aromatic heterocycles. The third-order valence-corrected chi connectivity index (χ3v) is 4.29. The zero-order chi connectivity index (χ0) is 13.5. The fraction of sp³-hybridized carbons (Fsp3) is 0.438. The van der Waals surface area contributed by atoms with Gasteiger partial charge in [0.25, 0.3) is 0 Å². The molecule has 0 saturated carbocycles. The molecule has 0 aliphatic heterocycles. The number of hydrogen-bond acceptors (Lipinski definition) is 3. The van der Waals surface area contributed by atoms with Crippen LogP contribution in [-0.4, -0.2) is 11.5 Å². The fourth-order valence-electron chi connectivity index (χ4n) is 2.08. The number of unbranched alkanes of at least 4 members (excludes halogenated alkanes) is 1. The number of aryl methyl sites for hydroxylation is 2. The van der Waals surface area contributed by atoms with E-state index in [-0.39, 0.29) is 0 Å². The van der Waals surface area contributed by atoms with Gasteiger partial charge >= 0.3 is 0 Å². The van der Waals surface area contributed by atoms with Crippen molar-refractivity contribution in [2.75, 3.05) is 6.54 Å². The molecule has 1 N–H and O–H groups in total. The van der Waals surface area contributed by atoms with Crippen molar-refractivity contribution in [3.8, 4) is 0 Å². The molecule has 0 bridgehead atoms. The zero-order valence-electron chi connectivity index (χ0n) is 11.7. The van der Waals surface area contributed by atoms with E-state index >= 15 is 0 Å². The first-order chi connectivity index (χ1) is 9.25. The Bertz CT molecular complexity index is 479. The average Bonchev–Trinajstić information content (AvgIpc) is 2.86. The molecular formula is C16H22N2S. The van der Waals surface area contributed by atoms with Crippen molar-refractivity contribution in [1.29, 1.82) is 0 Å². The highest BCUT2D eigenvalue weighted by molar-refractivity contribution is 7.11. The number of nitrogens with one attached hydrogen (secondary N) is 1. The number of thiazole rings is 1. The second kappa shape index (κ2) is 7.41. The minimum Gasteiger partial charge on any atom is -0.308 e. The second-order valence-corrected chi connectivity index (χ2v) is 6.19. The first kappa shape index (κ1) is 14.2. The number of rotatable bonds is 7. The predicted octanol–water partition coefficient (Wildman–Crippen LogP) is 4.13. The SMILES string of the molecule is Cc1cnc(C(C)NCCCCc2ccccc2)s1. The lowest BCUT2D eigenvalue weighted by Gasteiger charge is -2.10. The summed E-state index contributed by atoms with van der Waals surface area (Å²) in [6, 6.07) is 11.1. The summed E-state index contributed by atoms with van der Waals surface area (Å²) in [5, 5.41) is 4.74. The van der Waals surface area contributed by atoms with Gasteiger partial charge in [0.1, 0.15) is 5.01 Å². The van der Waals surface area contributed by atoms with Gasteiger partial charge in [-0.3, -0.25) is 0 Å². The molecule has 2 rings (SSSR count). The van der Waals surface area contributed by atoms with Crippen molar-refractivity contribution in [2.24, 2.45) is 0 Å². The van der Waals surface area contributed by atoms with E-state index in [1.54, 1.807) is 11.3 Å². The summed E-state index contributed by atoms with van der Waals surface area (Å²) in [7, 11) is 0. The van der Waals surface area contributed by atoms with Crippen molar-refractivity contribution in [3.63, 3.8) is 0 Å². The highest BCUT2D eigenvalue weighted by Crippen LogP contribution is 2.18. The molecule has 1 unspecified atom stereocenters. The maximum atomic E-state index is 4.42.